The van der Waals surface area contributed by atoms with Crippen LogP contribution in [0.3, 0.4) is 0 Å². The first-order valence-electron chi connectivity index (χ1n) is 9.69. The lowest BCUT2D eigenvalue weighted by atomic mass is 10.1. The van der Waals surface area contributed by atoms with E-state index in [0.717, 1.165) is 30.7 Å². The van der Waals surface area contributed by atoms with E-state index >= 15 is 0 Å². The molecule has 1 fully saturated rings. The summed E-state index contributed by atoms with van der Waals surface area (Å²) in [7, 11) is -3.65. The number of rotatable bonds is 5. The molecule has 1 aliphatic rings. The molecule has 29 heavy (non-hydrogen) atoms. The van der Waals surface area contributed by atoms with E-state index in [1.807, 2.05) is 26.8 Å². The van der Waals surface area contributed by atoms with Crippen molar-refractivity contribution < 1.29 is 13.2 Å². The van der Waals surface area contributed by atoms with Gasteiger partial charge in [-0.05, 0) is 64.3 Å². The van der Waals surface area contributed by atoms with Crippen LogP contribution in [0.1, 0.15) is 53.5 Å². The highest BCUT2D eigenvalue weighted by atomic mass is 32.2. The van der Waals surface area contributed by atoms with E-state index in [1.165, 1.54) is 10.4 Å². The summed E-state index contributed by atoms with van der Waals surface area (Å²) in [6.45, 7) is 7.86. The zero-order valence-electron chi connectivity index (χ0n) is 17.2. The second-order valence-electron chi connectivity index (χ2n) is 7.49. The van der Waals surface area contributed by atoms with Crippen molar-refractivity contribution in [1.82, 2.24) is 19.7 Å². The molecule has 0 aliphatic carbocycles. The van der Waals surface area contributed by atoms with Gasteiger partial charge in [0.15, 0.2) is 0 Å². The molecule has 2 aromatic rings. The van der Waals surface area contributed by atoms with Gasteiger partial charge in [-0.3, -0.25) is 15.6 Å². The predicted molar refractivity (Wildman–Crippen MR) is 111 cm³/mol. The monoisotopic (exact) mass is 417 g/mol. The topological polar surface area (TPSA) is 104 Å². The first-order valence-corrected chi connectivity index (χ1v) is 11.1. The molecule has 0 saturated carbocycles. The number of nitrogens with zero attached hydrogens (tertiary/aromatic N) is 3. The van der Waals surface area contributed by atoms with Crippen molar-refractivity contribution in [2.45, 2.75) is 57.9 Å². The highest BCUT2D eigenvalue weighted by Gasteiger charge is 2.31. The molecule has 2 heterocycles. The number of carbonyl (C=O) groups excluding carboxylic acids is 1. The summed E-state index contributed by atoms with van der Waals surface area (Å²) in [5, 5.41) is 0. The standard InChI is InChI=1S/C20H27N5O3S/c1-13-8-9-17(29(27,28)25-10-6-5-7-16(25)4)12-18(13)19(26)23-24-20-21-14(2)11-15(3)22-20/h8-9,11-12,16H,5-7,10H2,1-4H3,(H,23,26)(H,21,22,24)/t16-/m1/s1. The normalized spacial score (nSPS) is 17.7. The molecule has 1 amide bonds. The van der Waals surface area contributed by atoms with Gasteiger partial charge in [0.2, 0.25) is 16.0 Å². The van der Waals surface area contributed by atoms with Gasteiger partial charge in [-0.2, -0.15) is 4.31 Å². The number of amides is 1. The predicted octanol–water partition coefficient (Wildman–Crippen LogP) is 2.72. The number of benzene rings is 1. The number of hydrogen-bond acceptors (Lipinski definition) is 6. The molecule has 9 heteroatoms. The summed E-state index contributed by atoms with van der Waals surface area (Å²) in [6.07, 6.45) is 2.72. The van der Waals surface area contributed by atoms with Gasteiger partial charge in [-0.1, -0.05) is 12.5 Å². The van der Waals surface area contributed by atoms with E-state index in [9.17, 15) is 13.2 Å². The molecular formula is C20H27N5O3S. The molecule has 1 aromatic carbocycles. The number of sulfonamides is 1. The average Bonchev–Trinajstić information content (AvgIpc) is 2.65. The third-order valence-electron chi connectivity index (χ3n) is 5.07. The van der Waals surface area contributed by atoms with Crippen LogP contribution in [0, 0.1) is 20.8 Å². The Hall–Kier alpha value is -2.52. The van der Waals surface area contributed by atoms with Crippen molar-refractivity contribution in [2.24, 2.45) is 0 Å². The van der Waals surface area contributed by atoms with Crippen LogP contribution in [-0.2, 0) is 10.0 Å². The van der Waals surface area contributed by atoms with Crippen LogP contribution in [0.25, 0.3) is 0 Å². The lowest BCUT2D eigenvalue weighted by Crippen LogP contribution is -2.42. The first-order chi connectivity index (χ1) is 13.7. The van der Waals surface area contributed by atoms with Gasteiger partial charge in [-0.25, -0.2) is 18.4 Å². The number of aromatic nitrogens is 2. The molecular weight excluding hydrogens is 390 g/mol. The number of carbonyl (C=O) groups is 1. The zero-order valence-corrected chi connectivity index (χ0v) is 18.0. The number of hydrazine groups is 1. The van der Waals surface area contributed by atoms with E-state index < -0.39 is 15.9 Å². The molecule has 0 unspecified atom stereocenters. The van der Waals surface area contributed by atoms with Crippen molar-refractivity contribution in [3.05, 3.63) is 46.8 Å². The van der Waals surface area contributed by atoms with Gasteiger partial charge in [0.05, 0.1) is 4.90 Å². The smallest absolute Gasteiger partial charge is 0.267 e. The third-order valence-corrected chi connectivity index (χ3v) is 7.08. The minimum atomic E-state index is -3.65. The first kappa shape index (κ1) is 21.2. The minimum absolute atomic E-state index is 0.0456. The molecule has 1 saturated heterocycles. The molecule has 3 rings (SSSR count). The molecule has 1 atom stereocenters. The number of anilines is 1. The summed E-state index contributed by atoms with van der Waals surface area (Å²) in [5.41, 5.74) is 7.76. The highest BCUT2D eigenvalue weighted by Crippen LogP contribution is 2.26. The largest absolute Gasteiger partial charge is 0.270 e. The second kappa shape index (κ2) is 8.46. The van der Waals surface area contributed by atoms with Crippen molar-refractivity contribution in [3.63, 3.8) is 0 Å². The van der Waals surface area contributed by atoms with Crippen LogP contribution in [0.5, 0.6) is 0 Å². The van der Waals surface area contributed by atoms with E-state index in [2.05, 4.69) is 20.8 Å². The Labute approximate surface area is 171 Å². The Morgan fingerprint density at radius 1 is 1.10 bits per heavy atom. The Morgan fingerprint density at radius 3 is 2.45 bits per heavy atom. The van der Waals surface area contributed by atoms with Gasteiger partial charge in [0.1, 0.15) is 0 Å². The van der Waals surface area contributed by atoms with Crippen LogP contribution in [-0.4, -0.2) is 41.2 Å². The summed E-state index contributed by atoms with van der Waals surface area (Å²) < 4.78 is 27.7. The van der Waals surface area contributed by atoms with Gasteiger partial charge in [0, 0.05) is 29.5 Å². The molecule has 2 N–H and O–H groups in total. The van der Waals surface area contributed by atoms with Crippen molar-refractivity contribution in [3.8, 4) is 0 Å². The van der Waals surface area contributed by atoms with E-state index in [0.29, 0.717) is 12.1 Å². The fraction of sp³-hybridized carbons (Fsp3) is 0.450. The van der Waals surface area contributed by atoms with Crippen LogP contribution < -0.4 is 10.9 Å². The van der Waals surface area contributed by atoms with Crippen LogP contribution >= 0.6 is 0 Å². The summed E-state index contributed by atoms with van der Waals surface area (Å²) in [4.78, 5) is 21.2. The highest BCUT2D eigenvalue weighted by molar-refractivity contribution is 7.89. The maximum Gasteiger partial charge on any atom is 0.270 e. The Balaban J connectivity index is 1.82. The van der Waals surface area contributed by atoms with Gasteiger partial charge in [-0.15, -0.1) is 0 Å². The number of aryl methyl sites for hydroxylation is 3. The Morgan fingerprint density at radius 2 is 1.79 bits per heavy atom. The van der Waals surface area contributed by atoms with Gasteiger partial charge >= 0.3 is 0 Å². The maximum atomic E-state index is 13.1. The Kier molecular flexibility index (Phi) is 6.18. The number of nitrogens with one attached hydrogen (secondary N) is 2. The van der Waals surface area contributed by atoms with E-state index in [-0.39, 0.29) is 22.4 Å². The molecule has 0 radical (unpaired) electrons. The Bertz CT molecular complexity index is 1000. The minimum Gasteiger partial charge on any atom is -0.267 e. The van der Waals surface area contributed by atoms with Gasteiger partial charge in [0.25, 0.3) is 5.91 Å². The maximum absolute atomic E-state index is 13.1. The zero-order chi connectivity index (χ0) is 21.2. The van der Waals surface area contributed by atoms with Crippen LogP contribution in [0.15, 0.2) is 29.2 Å². The SMILES string of the molecule is Cc1cc(C)nc(NNC(=O)c2cc(S(=O)(=O)N3CCCC[C@H]3C)ccc2C)n1. The van der Waals surface area contributed by atoms with Crippen LogP contribution in [0.4, 0.5) is 5.95 Å². The van der Waals surface area contributed by atoms with Crippen molar-refractivity contribution >= 4 is 21.9 Å². The third kappa shape index (κ3) is 4.73. The summed E-state index contributed by atoms with van der Waals surface area (Å²) in [6, 6.07) is 6.43. The quantitative estimate of drug-likeness (QED) is 0.725. The van der Waals surface area contributed by atoms with E-state index in [1.54, 1.807) is 19.1 Å². The fourth-order valence-electron chi connectivity index (χ4n) is 3.53. The van der Waals surface area contributed by atoms with Gasteiger partial charge < -0.3 is 0 Å². The van der Waals surface area contributed by atoms with Crippen molar-refractivity contribution in [1.29, 1.82) is 0 Å². The van der Waals surface area contributed by atoms with Crippen molar-refractivity contribution in [2.75, 3.05) is 12.0 Å². The molecule has 1 aromatic heterocycles. The average molecular weight is 418 g/mol. The molecule has 8 nitrogen and oxygen atoms in total. The summed E-state index contributed by atoms with van der Waals surface area (Å²) in [5.74, 6) is -0.173. The molecule has 0 bridgehead atoms. The van der Waals surface area contributed by atoms with E-state index in [4.69, 9.17) is 0 Å². The lowest BCUT2D eigenvalue weighted by molar-refractivity contribution is 0.0961. The fourth-order valence-corrected chi connectivity index (χ4v) is 5.26. The summed E-state index contributed by atoms with van der Waals surface area (Å²) >= 11 is 0. The number of hydrogen-bond donors (Lipinski definition) is 2. The molecule has 1 aliphatic heterocycles. The number of piperidine rings is 1. The molecule has 0 spiro atoms. The molecule has 156 valence electrons. The van der Waals surface area contributed by atoms with Crippen LogP contribution in [0.2, 0.25) is 0 Å². The lowest BCUT2D eigenvalue weighted by Gasteiger charge is -2.32. The second-order valence-corrected chi connectivity index (χ2v) is 9.38.